The zero-order valence-electron chi connectivity index (χ0n) is 9.37. The minimum Gasteiger partial charge on any atom is -0.465 e. The third-order valence-electron chi connectivity index (χ3n) is 2.02. The molecular weight excluding hydrogens is 254 g/mol. The molecule has 0 aliphatic heterocycles. The number of nitrogens with one attached hydrogen (secondary N) is 1. The highest BCUT2D eigenvalue weighted by Crippen LogP contribution is 2.16. The molecule has 2 rings (SSSR count). The molecule has 7 heteroatoms. The first-order valence-corrected chi connectivity index (χ1v) is 5.99. The number of anilines is 1. The lowest BCUT2D eigenvalue weighted by Gasteiger charge is -2.00. The minimum absolute atomic E-state index is 0.251. The van der Waals surface area contributed by atoms with Crippen molar-refractivity contribution in [2.75, 3.05) is 5.32 Å². The van der Waals surface area contributed by atoms with Crippen LogP contribution in [0.5, 0.6) is 0 Å². The summed E-state index contributed by atoms with van der Waals surface area (Å²) in [5.41, 5.74) is 1.07. The van der Waals surface area contributed by atoms with Crippen LogP contribution in [0, 0.1) is 0 Å². The summed E-state index contributed by atoms with van der Waals surface area (Å²) in [4.78, 5) is 10.4. The summed E-state index contributed by atoms with van der Waals surface area (Å²) in [5, 5.41) is 19.0. The molecule has 2 N–H and O–H groups in total. The predicted octanol–water partition coefficient (Wildman–Crippen LogP) is 2.34. The molecule has 2 aromatic rings. The molecule has 94 valence electrons. The summed E-state index contributed by atoms with van der Waals surface area (Å²) >= 11 is 1.16. The molecule has 0 unspecified atom stereocenters. The average molecular weight is 265 g/mol. The van der Waals surface area contributed by atoms with E-state index in [4.69, 9.17) is 9.84 Å². The Balaban J connectivity index is 1.80. The van der Waals surface area contributed by atoms with E-state index in [-0.39, 0.29) is 5.13 Å². The van der Waals surface area contributed by atoms with Crippen molar-refractivity contribution in [1.29, 1.82) is 0 Å². The van der Waals surface area contributed by atoms with Crippen molar-refractivity contribution in [2.45, 2.75) is 13.2 Å². The van der Waals surface area contributed by atoms with E-state index in [1.165, 1.54) is 0 Å². The smallest absolute Gasteiger partial charge is 0.411 e. The van der Waals surface area contributed by atoms with Gasteiger partial charge in [0.2, 0.25) is 5.13 Å². The van der Waals surface area contributed by atoms with Gasteiger partial charge in [0, 0.05) is 0 Å². The average Bonchev–Trinajstić information content (AvgIpc) is 2.77. The van der Waals surface area contributed by atoms with Crippen molar-refractivity contribution in [3.8, 4) is 0 Å². The highest BCUT2D eigenvalue weighted by Gasteiger charge is 2.06. The molecule has 1 aromatic heterocycles. The molecule has 1 heterocycles. The fourth-order valence-electron chi connectivity index (χ4n) is 1.28. The predicted molar refractivity (Wildman–Crippen MR) is 66.5 cm³/mol. The molecule has 18 heavy (non-hydrogen) atoms. The number of carbonyl (C=O) groups is 1. The van der Waals surface area contributed by atoms with Crippen LogP contribution in [0.1, 0.15) is 10.6 Å². The van der Waals surface area contributed by atoms with Crippen LogP contribution < -0.4 is 5.32 Å². The lowest BCUT2D eigenvalue weighted by molar-refractivity contribution is 0.106. The highest BCUT2D eigenvalue weighted by molar-refractivity contribution is 7.15. The van der Waals surface area contributed by atoms with Crippen molar-refractivity contribution >= 4 is 22.6 Å². The number of hydrogen-bond donors (Lipinski definition) is 2. The molecule has 0 saturated heterocycles. The third kappa shape index (κ3) is 3.79. The first kappa shape index (κ1) is 12.5. The van der Waals surface area contributed by atoms with Crippen molar-refractivity contribution in [1.82, 2.24) is 10.2 Å². The maximum absolute atomic E-state index is 10.4. The van der Waals surface area contributed by atoms with Crippen LogP contribution in [0.15, 0.2) is 30.3 Å². The Labute approximate surface area is 107 Å². The fraction of sp³-hybridized carbons (Fsp3) is 0.182. The molecule has 0 atom stereocenters. The molecule has 1 amide bonds. The normalized spacial score (nSPS) is 10.2. The maximum atomic E-state index is 10.4. The molecule has 0 saturated carbocycles. The van der Waals surface area contributed by atoms with E-state index >= 15 is 0 Å². The van der Waals surface area contributed by atoms with Gasteiger partial charge in [0.25, 0.3) is 0 Å². The number of rotatable bonds is 5. The molecule has 0 bridgehead atoms. The van der Waals surface area contributed by atoms with Crippen LogP contribution >= 0.6 is 11.3 Å². The van der Waals surface area contributed by atoms with Gasteiger partial charge in [-0.2, -0.15) is 0 Å². The molecular formula is C11H11N3O3S. The number of carboxylic acid groups (broad SMARTS) is 1. The lowest BCUT2D eigenvalue weighted by atomic mass is 10.2. The van der Waals surface area contributed by atoms with Gasteiger partial charge in [-0.25, -0.2) is 4.79 Å². The van der Waals surface area contributed by atoms with E-state index in [1.54, 1.807) is 0 Å². The number of benzene rings is 1. The van der Waals surface area contributed by atoms with Crippen LogP contribution in [0.25, 0.3) is 0 Å². The van der Waals surface area contributed by atoms with Crippen LogP contribution in [0.3, 0.4) is 0 Å². The van der Waals surface area contributed by atoms with Gasteiger partial charge in [-0.3, -0.25) is 5.32 Å². The van der Waals surface area contributed by atoms with Gasteiger partial charge in [0.05, 0.1) is 6.61 Å². The summed E-state index contributed by atoms with van der Waals surface area (Å²) in [6, 6.07) is 9.77. The lowest BCUT2D eigenvalue weighted by Crippen LogP contribution is -2.06. The number of nitrogens with zero attached hydrogens (tertiary/aromatic N) is 2. The second-order valence-electron chi connectivity index (χ2n) is 3.41. The quantitative estimate of drug-likeness (QED) is 0.866. The van der Waals surface area contributed by atoms with E-state index in [9.17, 15) is 4.79 Å². The standard InChI is InChI=1S/C11H11N3O3S/c15-11(16)12-10-14-13-9(18-10)7-17-6-8-4-2-1-3-5-8/h1-5H,6-7H2,(H,12,14)(H,15,16). The first-order chi connectivity index (χ1) is 8.74. The molecule has 0 radical (unpaired) electrons. The summed E-state index contributed by atoms with van der Waals surface area (Å²) in [5.74, 6) is 0. The first-order valence-electron chi connectivity index (χ1n) is 5.18. The van der Waals surface area contributed by atoms with Gasteiger partial charge in [-0.1, -0.05) is 41.7 Å². The number of ether oxygens (including phenoxy) is 1. The molecule has 0 fully saturated rings. The SMILES string of the molecule is O=C(O)Nc1nnc(COCc2ccccc2)s1. The van der Waals surface area contributed by atoms with Crippen molar-refractivity contribution in [2.24, 2.45) is 0 Å². The van der Waals surface area contributed by atoms with E-state index in [1.807, 2.05) is 30.3 Å². The van der Waals surface area contributed by atoms with Crippen LogP contribution in [-0.4, -0.2) is 21.4 Å². The minimum atomic E-state index is -1.15. The summed E-state index contributed by atoms with van der Waals surface area (Å²) in [6.07, 6.45) is -1.15. The zero-order chi connectivity index (χ0) is 12.8. The van der Waals surface area contributed by atoms with E-state index in [0.29, 0.717) is 18.2 Å². The van der Waals surface area contributed by atoms with Gasteiger partial charge in [0.1, 0.15) is 11.6 Å². The van der Waals surface area contributed by atoms with Crippen molar-refractivity contribution in [3.05, 3.63) is 40.9 Å². The second kappa shape index (κ2) is 6.08. The van der Waals surface area contributed by atoms with E-state index < -0.39 is 6.09 Å². The van der Waals surface area contributed by atoms with Gasteiger partial charge in [0.15, 0.2) is 0 Å². The van der Waals surface area contributed by atoms with Crippen LogP contribution in [0.2, 0.25) is 0 Å². The Morgan fingerprint density at radius 2 is 2.06 bits per heavy atom. The summed E-state index contributed by atoms with van der Waals surface area (Å²) < 4.78 is 5.46. The Morgan fingerprint density at radius 1 is 1.28 bits per heavy atom. The van der Waals surface area contributed by atoms with Gasteiger partial charge >= 0.3 is 6.09 Å². The molecule has 1 aromatic carbocycles. The Hall–Kier alpha value is -1.99. The Bertz CT molecular complexity index is 515. The number of hydrogen-bond acceptors (Lipinski definition) is 5. The molecule has 0 aliphatic carbocycles. The van der Waals surface area contributed by atoms with Crippen molar-refractivity contribution < 1.29 is 14.6 Å². The topological polar surface area (TPSA) is 84.3 Å². The van der Waals surface area contributed by atoms with Gasteiger partial charge in [-0.05, 0) is 5.56 Å². The van der Waals surface area contributed by atoms with Crippen molar-refractivity contribution in [3.63, 3.8) is 0 Å². The summed E-state index contributed by atoms with van der Waals surface area (Å²) in [7, 11) is 0. The number of amides is 1. The fourth-order valence-corrected chi connectivity index (χ4v) is 1.95. The second-order valence-corrected chi connectivity index (χ2v) is 4.47. The van der Waals surface area contributed by atoms with Crippen LogP contribution in [0.4, 0.5) is 9.93 Å². The zero-order valence-corrected chi connectivity index (χ0v) is 10.2. The Kier molecular flexibility index (Phi) is 4.21. The largest absolute Gasteiger partial charge is 0.465 e. The van der Waals surface area contributed by atoms with Gasteiger partial charge in [-0.15, -0.1) is 10.2 Å². The molecule has 0 aliphatic rings. The van der Waals surface area contributed by atoms with Crippen LogP contribution in [-0.2, 0) is 18.0 Å². The van der Waals surface area contributed by atoms with E-state index in [0.717, 1.165) is 16.9 Å². The third-order valence-corrected chi connectivity index (χ3v) is 2.83. The molecule has 6 nitrogen and oxygen atoms in total. The molecule has 0 spiro atoms. The highest BCUT2D eigenvalue weighted by atomic mass is 32.1. The monoisotopic (exact) mass is 265 g/mol. The number of aromatic nitrogens is 2. The summed E-state index contributed by atoms with van der Waals surface area (Å²) in [6.45, 7) is 0.802. The Morgan fingerprint density at radius 3 is 2.78 bits per heavy atom. The maximum Gasteiger partial charge on any atom is 0.411 e. The van der Waals surface area contributed by atoms with E-state index in [2.05, 4.69) is 15.5 Å². The van der Waals surface area contributed by atoms with Gasteiger partial charge < -0.3 is 9.84 Å².